The monoisotopic (exact) mass is 647 g/mol. The van der Waals surface area contributed by atoms with E-state index in [1.807, 2.05) is 4.90 Å². The lowest BCUT2D eigenvalue weighted by Crippen LogP contribution is -2.43. The van der Waals surface area contributed by atoms with Crippen molar-refractivity contribution < 1.29 is 27.4 Å². The van der Waals surface area contributed by atoms with Crippen molar-refractivity contribution in [2.45, 2.75) is 62.3 Å². The van der Waals surface area contributed by atoms with Gasteiger partial charge in [0.15, 0.2) is 17.5 Å². The number of fused-ring (bicyclic) bond motifs is 5. The molecule has 6 heterocycles. The van der Waals surface area contributed by atoms with Crippen molar-refractivity contribution in [3.05, 3.63) is 47.9 Å². The Labute approximate surface area is 268 Å². The van der Waals surface area contributed by atoms with Gasteiger partial charge in [0.05, 0.1) is 17.0 Å². The molecule has 47 heavy (non-hydrogen) atoms. The Bertz CT molecular complexity index is 1940. The van der Waals surface area contributed by atoms with Gasteiger partial charge in [-0.05, 0) is 55.8 Å². The van der Waals surface area contributed by atoms with Gasteiger partial charge in [0, 0.05) is 67.6 Å². The van der Waals surface area contributed by atoms with Gasteiger partial charge < -0.3 is 20.1 Å². The molecular formula is C34H33F4N7O2. The van der Waals surface area contributed by atoms with Gasteiger partial charge in [0.25, 0.3) is 0 Å². The van der Waals surface area contributed by atoms with E-state index in [0.29, 0.717) is 38.3 Å². The number of anilines is 1. The summed E-state index contributed by atoms with van der Waals surface area (Å²) in [6.07, 6.45) is 4.67. The summed E-state index contributed by atoms with van der Waals surface area (Å²) in [5.74, 6) is -3.12. The number of alkyl halides is 1. The second-order valence-corrected chi connectivity index (χ2v) is 13.4. The molecule has 4 aliphatic heterocycles. The molecule has 2 aromatic heterocycles. The summed E-state index contributed by atoms with van der Waals surface area (Å²) in [5, 5.41) is 23.9. The zero-order valence-corrected chi connectivity index (χ0v) is 25.5. The van der Waals surface area contributed by atoms with Gasteiger partial charge in [0.1, 0.15) is 35.6 Å². The molecule has 13 heteroatoms. The molecule has 3 unspecified atom stereocenters. The molecular weight excluding hydrogens is 614 g/mol. The molecule has 244 valence electrons. The van der Waals surface area contributed by atoms with Crippen molar-refractivity contribution in [3.63, 3.8) is 0 Å². The number of hydrogen-bond donors (Lipinski definition) is 2. The maximum atomic E-state index is 16.8. The van der Waals surface area contributed by atoms with E-state index in [0.717, 1.165) is 44.4 Å². The van der Waals surface area contributed by atoms with E-state index in [1.54, 1.807) is 0 Å². The van der Waals surface area contributed by atoms with Crippen LogP contribution in [-0.2, 0) is 0 Å². The van der Waals surface area contributed by atoms with E-state index in [2.05, 4.69) is 26.3 Å². The van der Waals surface area contributed by atoms with Crippen molar-refractivity contribution in [2.24, 2.45) is 5.92 Å². The third-order valence-electron chi connectivity index (χ3n) is 10.5. The number of aromatic nitrogens is 3. The predicted molar refractivity (Wildman–Crippen MR) is 166 cm³/mol. The minimum atomic E-state index is -1.19. The Morgan fingerprint density at radius 1 is 1.11 bits per heavy atom. The summed E-state index contributed by atoms with van der Waals surface area (Å²) >= 11 is 0. The molecule has 0 saturated carbocycles. The third kappa shape index (κ3) is 5.09. The Morgan fingerprint density at radius 2 is 1.98 bits per heavy atom. The van der Waals surface area contributed by atoms with Crippen LogP contribution in [0, 0.1) is 34.7 Å². The third-order valence-corrected chi connectivity index (χ3v) is 10.5. The predicted octanol–water partition coefficient (Wildman–Crippen LogP) is 5.39. The van der Waals surface area contributed by atoms with Gasteiger partial charge >= 0.3 is 6.01 Å². The van der Waals surface area contributed by atoms with Crippen molar-refractivity contribution in [3.8, 4) is 29.1 Å². The summed E-state index contributed by atoms with van der Waals surface area (Å²) in [7, 11) is 0. The zero-order valence-electron chi connectivity index (χ0n) is 25.5. The second kappa shape index (κ2) is 11.5. The fraction of sp³-hybridized carbons (Fsp3) is 0.471. The zero-order chi connectivity index (χ0) is 32.4. The largest absolute Gasteiger partial charge is 0.508 e. The summed E-state index contributed by atoms with van der Waals surface area (Å²) in [5.41, 5.74) is -1.09. The summed E-state index contributed by atoms with van der Waals surface area (Å²) < 4.78 is 67.0. The Balaban J connectivity index is 1.27. The van der Waals surface area contributed by atoms with Crippen molar-refractivity contribution in [1.82, 2.24) is 25.2 Å². The van der Waals surface area contributed by atoms with Gasteiger partial charge in [-0.2, -0.15) is 15.2 Å². The molecule has 0 radical (unpaired) electrons. The van der Waals surface area contributed by atoms with E-state index >= 15 is 8.78 Å². The number of nitrogens with one attached hydrogen (secondary N) is 1. The van der Waals surface area contributed by atoms with Crippen LogP contribution in [0.15, 0.2) is 30.5 Å². The summed E-state index contributed by atoms with van der Waals surface area (Å²) in [6, 6.07) is 7.17. The highest BCUT2D eigenvalue weighted by atomic mass is 19.2. The van der Waals surface area contributed by atoms with Crippen molar-refractivity contribution in [1.29, 1.82) is 5.26 Å². The van der Waals surface area contributed by atoms with E-state index < -0.39 is 29.2 Å². The van der Waals surface area contributed by atoms with Crippen LogP contribution in [0.25, 0.3) is 32.9 Å². The highest BCUT2D eigenvalue weighted by Gasteiger charge is 2.49. The van der Waals surface area contributed by atoms with Crippen LogP contribution in [0.4, 0.5) is 23.4 Å². The average Bonchev–Trinajstić information content (AvgIpc) is 3.71. The van der Waals surface area contributed by atoms with Gasteiger partial charge in [-0.3, -0.25) is 9.88 Å². The molecule has 8 rings (SSSR count). The molecule has 5 atom stereocenters. The molecule has 4 aromatic rings. The molecule has 2 aromatic carbocycles. The smallest absolute Gasteiger partial charge is 0.319 e. The number of rotatable bonds is 6. The lowest BCUT2D eigenvalue weighted by atomic mass is 9.93. The minimum absolute atomic E-state index is 0.00130. The molecule has 0 spiro atoms. The quantitative estimate of drug-likeness (QED) is 0.266. The number of ether oxygens (including phenoxy) is 1. The maximum Gasteiger partial charge on any atom is 0.319 e. The van der Waals surface area contributed by atoms with E-state index in [-0.39, 0.29) is 69.3 Å². The van der Waals surface area contributed by atoms with Crippen LogP contribution >= 0.6 is 0 Å². The van der Waals surface area contributed by atoms with Gasteiger partial charge in [-0.15, -0.1) is 0 Å². The van der Waals surface area contributed by atoms with Gasteiger partial charge in [0.2, 0.25) is 0 Å². The Kier molecular flexibility index (Phi) is 7.33. The Morgan fingerprint density at radius 3 is 2.83 bits per heavy atom. The lowest BCUT2D eigenvalue weighted by molar-refractivity contribution is 0.107. The summed E-state index contributed by atoms with van der Waals surface area (Å²) in [6.45, 7) is 2.28. The number of nitrogens with zero attached hydrogens (tertiary/aromatic N) is 6. The number of halogens is 4. The number of nitriles is 1. The first-order valence-electron chi connectivity index (χ1n) is 16.1. The minimum Gasteiger partial charge on any atom is -0.508 e. The Hall–Kier alpha value is -4.28. The van der Waals surface area contributed by atoms with Crippen LogP contribution in [0.2, 0.25) is 0 Å². The molecule has 4 aliphatic rings. The maximum absolute atomic E-state index is 16.8. The number of pyridine rings is 1. The van der Waals surface area contributed by atoms with Crippen LogP contribution in [-0.4, -0.2) is 81.5 Å². The first kappa shape index (κ1) is 30.1. The van der Waals surface area contributed by atoms with Crippen LogP contribution < -0.4 is 15.0 Å². The fourth-order valence-electron chi connectivity index (χ4n) is 8.34. The van der Waals surface area contributed by atoms with Gasteiger partial charge in [-0.25, -0.2) is 17.6 Å². The molecule has 4 fully saturated rings. The molecule has 2 bridgehead atoms. The van der Waals surface area contributed by atoms with Crippen LogP contribution in [0.1, 0.15) is 38.5 Å². The van der Waals surface area contributed by atoms with Crippen molar-refractivity contribution >= 4 is 27.5 Å². The average molecular weight is 648 g/mol. The van der Waals surface area contributed by atoms with Crippen molar-refractivity contribution in [2.75, 3.05) is 37.7 Å². The van der Waals surface area contributed by atoms with Crippen LogP contribution in [0.3, 0.4) is 0 Å². The number of benzene rings is 2. The van der Waals surface area contributed by atoms with E-state index in [9.17, 15) is 19.1 Å². The number of aromatic hydroxyl groups is 1. The van der Waals surface area contributed by atoms with Crippen LogP contribution in [0.5, 0.6) is 11.8 Å². The number of hydrogen-bond acceptors (Lipinski definition) is 9. The fourth-order valence-corrected chi connectivity index (χ4v) is 8.34. The highest BCUT2D eigenvalue weighted by Crippen LogP contribution is 2.42. The SMILES string of the molecule is N#CCC1CN(c2nc(OC[C@@]34CCCN3C[C@H](F)C4)nc3c(F)c(-c4cc(O)cc5ccc(F)c(F)c45)ncc23)CC2CCC1N2. The molecule has 0 aliphatic carbocycles. The molecule has 9 nitrogen and oxygen atoms in total. The normalized spacial score (nSPS) is 27.3. The second-order valence-electron chi connectivity index (χ2n) is 13.4. The standard InChI is InChI=1S/C34H33F4N7O2/c35-20-12-34(7-1-9-45(34)15-20)17-47-33-42-31-24(32(43-33)44-14-19(6-8-39)26-5-3-21(16-44)41-26)13-40-30(29(31)38)23-11-22(46)10-18-2-4-25(36)28(37)27(18)23/h2,4,10-11,13,19-21,26,41,46H,1,3,5-7,9,12,14-17H2/t19?,20-,21?,26?,34+/m1/s1. The van der Waals surface area contributed by atoms with E-state index in [4.69, 9.17) is 9.72 Å². The highest BCUT2D eigenvalue weighted by molar-refractivity contribution is 6.00. The summed E-state index contributed by atoms with van der Waals surface area (Å²) in [4.78, 5) is 17.8. The van der Waals surface area contributed by atoms with E-state index in [1.165, 1.54) is 18.3 Å². The first-order valence-corrected chi connectivity index (χ1v) is 16.1. The molecule has 4 saturated heterocycles. The first-order chi connectivity index (χ1) is 22.7. The number of phenols is 1. The van der Waals surface area contributed by atoms with Gasteiger partial charge in [-0.1, -0.05) is 6.07 Å². The molecule has 2 N–H and O–H groups in total. The topological polar surface area (TPSA) is 110 Å². The molecule has 0 amide bonds. The number of phenolic OH excluding ortho intramolecular Hbond substituents is 1. The lowest BCUT2D eigenvalue weighted by Gasteiger charge is -2.32.